The monoisotopic (exact) mass is 164 g/mol. The van der Waals surface area contributed by atoms with Crippen molar-refractivity contribution in [1.29, 1.82) is 0 Å². The standard InChI is InChI=1S/C7H16N2O.FH/c1-5(2)8-7(10)9-6(3)4;/h5-6H,1-4H3,(H2,8,9,10);1H. The third kappa shape index (κ3) is 9.20. The van der Waals surface area contributed by atoms with E-state index in [2.05, 4.69) is 10.6 Å². The lowest BCUT2D eigenvalue weighted by atomic mass is 10.4. The predicted octanol–water partition coefficient (Wildman–Crippen LogP) is 1.25. The lowest BCUT2D eigenvalue weighted by Crippen LogP contribution is -2.42. The molecule has 0 spiro atoms. The summed E-state index contributed by atoms with van der Waals surface area (Å²) in [7, 11) is 0. The largest absolute Gasteiger partial charge is 0.336 e. The normalized spacial score (nSPS) is 9.27. The first-order valence-corrected chi connectivity index (χ1v) is 3.59. The minimum absolute atomic E-state index is 0. The van der Waals surface area contributed by atoms with E-state index in [-0.39, 0.29) is 22.8 Å². The molecule has 4 heteroatoms. The van der Waals surface area contributed by atoms with Gasteiger partial charge in [0.05, 0.1) is 0 Å². The lowest BCUT2D eigenvalue weighted by molar-refractivity contribution is 0.236. The zero-order valence-corrected chi connectivity index (χ0v) is 7.47. The number of nitrogens with one attached hydrogen (secondary N) is 2. The third-order valence-electron chi connectivity index (χ3n) is 0.840. The second-order valence-electron chi connectivity index (χ2n) is 2.93. The Labute approximate surface area is 66.9 Å². The first kappa shape index (κ1) is 12.8. The van der Waals surface area contributed by atoms with Crippen LogP contribution in [0.25, 0.3) is 0 Å². The molecule has 0 aromatic carbocycles. The number of urea groups is 1. The van der Waals surface area contributed by atoms with Crippen molar-refractivity contribution in [1.82, 2.24) is 10.6 Å². The SMILES string of the molecule is CC(C)NC(=O)NC(C)C.F. The van der Waals surface area contributed by atoms with Crippen molar-refractivity contribution in [3.8, 4) is 0 Å². The molecule has 0 radical (unpaired) electrons. The Bertz CT molecular complexity index is 103. The molecule has 0 bridgehead atoms. The molecule has 0 heterocycles. The molecule has 0 saturated heterocycles. The lowest BCUT2D eigenvalue weighted by Gasteiger charge is -2.11. The van der Waals surface area contributed by atoms with Crippen LogP contribution in [0.5, 0.6) is 0 Å². The highest BCUT2D eigenvalue weighted by atomic mass is 19.0. The molecule has 0 aromatic heterocycles. The minimum Gasteiger partial charge on any atom is -0.336 e. The molecule has 0 aliphatic rings. The van der Waals surface area contributed by atoms with Crippen molar-refractivity contribution in [3.05, 3.63) is 0 Å². The van der Waals surface area contributed by atoms with Gasteiger partial charge >= 0.3 is 6.03 Å². The first-order valence-electron chi connectivity index (χ1n) is 3.59. The van der Waals surface area contributed by atoms with Crippen LogP contribution >= 0.6 is 0 Å². The molecule has 11 heavy (non-hydrogen) atoms. The highest BCUT2D eigenvalue weighted by Crippen LogP contribution is 1.79. The van der Waals surface area contributed by atoms with Crippen molar-refractivity contribution in [2.45, 2.75) is 39.8 Å². The van der Waals surface area contributed by atoms with E-state index in [1.165, 1.54) is 0 Å². The average molecular weight is 164 g/mol. The number of hydrogen-bond donors (Lipinski definition) is 2. The van der Waals surface area contributed by atoms with E-state index in [1.807, 2.05) is 27.7 Å². The number of hydrogen-bond acceptors (Lipinski definition) is 1. The van der Waals surface area contributed by atoms with Gasteiger partial charge in [-0.2, -0.15) is 0 Å². The summed E-state index contributed by atoms with van der Waals surface area (Å²) in [6, 6.07) is 0.322. The number of carbonyl (C=O) groups excluding carboxylic acids is 1. The van der Waals surface area contributed by atoms with Crippen molar-refractivity contribution in [3.63, 3.8) is 0 Å². The first-order chi connectivity index (χ1) is 4.52. The van der Waals surface area contributed by atoms with Gasteiger partial charge in [0.25, 0.3) is 0 Å². The third-order valence-corrected chi connectivity index (χ3v) is 0.840. The molecule has 0 atom stereocenters. The van der Waals surface area contributed by atoms with Gasteiger partial charge < -0.3 is 10.6 Å². The minimum atomic E-state index is -0.0926. The van der Waals surface area contributed by atoms with E-state index in [9.17, 15) is 4.79 Å². The van der Waals surface area contributed by atoms with Gasteiger partial charge in [0.15, 0.2) is 0 Å². The van der Waals surface area contributed by atoms with E-state index in [1.54, 1.807) is 0 Å². The van der Waals surface area contributed by atoms with Crippen LogP contribution in [0.3, 0.4) is 0 Å². The highest BCUT2D eigenvalue weighted by molar-refractivity contribution is 5.74. The molecule has 0 aliphatic carbocycles. The number of carbonyl (C=O) groups is 1. The zero-order chi connectivity index (χ0) is 8.15. The van der Waals surface area contributed by atoms with Gasteiger partial charge in [-0.05, 0) is 27.7 Å². The molecular weight excluding hydrogens is 147 g/mol. The maximum absolute atomic E-state index is 10.8. The van der Waals surface area contributed by atoms with Crippen LogP contribution in [-0.2, 0) is 0 Å². The summed E-state index contributed by atoms with van der Waals surface area (Å²) in [5, 5.41) is 5.45. The van der Waals surface area contributed by atoms with Crippen LogP contribution in [0.4, 0.5) is 9.50 Å². The molecule has 2 N–H and O–H groups in total. The molecule has 0 fully saturated rings. The van der Waals surface area contributed by atoms with Crippen LogP contribution in [0, 0.1) is 0 Å². The second-order valence-corrected chi connectivity index (χ2v) is 2.93. The summed E-state index contributed by atoms with van der Waals surface area (Å²) in [5.74, 6) is 0. The maximum atomic E-state index is 10.8. The Morgan fingerprint density at radius 1 is 1.00 bits per heavy atom. The van der Waals surface area contributed by atoms with Gasteiger partial charge in [0.1, 0.15) is 0 Å². The predicted molar refractivity (Wildman–Crippen MR) is 44.4 cm³/mol. The van der Waals surface area contributed by atoms with Gasteiger partial charge in [-0.15, -0.1) is 0 Å². The van der Waals surface area contributed by atoms with E-state index < -0.39 is 0 Å². The highest BCUT2D eigenvalue weighted by Gasteiger charge is 2.02. The van der Waals surface area contributed by atoms with E-state index in [0.717, 1.165) is 0 Å². The summed E-state index contributed by atoms with van der Waals surface area (Å²) in [6.45, 7) is 7.72. The topological polar surface area (TPSA) is 41.1 Å². The zero-order valence-electron chi connectivity index (χ0n) is 7.47. The van der Waals surface area contributed by atoms with Crippen LogP contribution in [-0.4, -0.2) is 18.1 Å². The van der Waals surface area contributed by atoms with Gasteiger partial charge in [0, 0.05) is 12.1 Å². The number of halogens is 1. The molecule has 0 aromatic rings. The van der Waals surface area contributed by atoms with Gasteiger partial charge in [-0.3, -0.25) is 4.70 Å². The fraction of sp³-hybridized carbons (Fsp3) is 0.857. The van der Waals surface area contributed by atoms with Crippen molar-refractivity contribution >= 4 is 6.03 Å². The van der Waals surface area contributed by atoms with Gasteiger partial charge in [-0.1, -0.05) is 0 Å². The molecular formula is C7H17FN2O. The number of amides is 2. The smallest absolute Gasteiger partial charge is 0.315 e. The molecule has 0 unspecified atom stereocenters. The van der Waals surface area contributed by atoms with E-state index >= 15 is 0 Å². The van der Waals surface area contributed by atoms with Crippen LogP contribution in [0.2, 0.25) is 0 Å². The summed E-state index contributed by atoms with van der Waals surface area (Å²) in [5.41, 5.74) is 0. The molecule has 0 rings (SSSR count). The summed E-state index contributed by atoms with van der Waals surface area (Å²) >= 11 is 0. The number of rotatable bonds is 2. The fourth-order valence-corrected chi connectivity index (χ4v) is 0.566. The Kier molecular flexibility index (Phi) is 6.94. The Morgan fingerprint density at radius 3 is 1.45 bits per heavy atom. The quantitative estimate of drug-likeness (QED) is 0.633. The van der Waals surface area contributed by atoms with Crippen molar-refractivity contribution < 1.29 is 9.50 Å². The summed E-state index contributed by atoms with van der Waals surface area (Å²) in [6.07, 6.45) is 0. The van der Waals surface area contributed by atoms with E-state index in [4.69, 9.17) is 0 Å². The molecule has 0 saturated carbocycles. The van der Waals surface area contributed by atoms with Gasteiger partial charge in [0.2, 0.25) is 0 Å². The second kappa shape index (κ2) is 5.95. The summed E-state index contributed by atoms with van der Waals surface area (Å²) in [4.78, 5) is 10.8. The Balaban J connectivity index is 0. The molecule has 68 valence electrons. The van der Waals surface area contributed by atoms with E-state index in [0.29, 0.717) is 0 Å². The Hall–Kier alpha value is -0.800. The summed E-state index contributed by atoms with van der Waals surface area (Å²) < 4.78 is 0. The van der Waals surface area contributed by atoms with Crippen LogP contribution in [0.15, 0.2) is 0 Å². The van der Waals surface area contributed by atoms with Crippen LogP contribution in [0.1, 0.15) is 27.7 Å². The van der Waals surface area contributed by atoms with Crippen molar-refractivity contribution in [2.24, 2.45) is 0 Å². The van der Waals surface area contributed by atoms with Gasteiger partial charge in [-0.25, -0.2) is 4.79 Å². The van der Waals surface area contributed by atoms with Crippen LogP contribution < -0.4 is 10.6 Å². The fourth-order valence-electron chi connectivity index (χ4n) is 0.566. The Morgan fingerprint density at radius 2 is 1.27 bits per heavy atom. The average Bonchev–Trinajstić information content (AvgIpc) is 1.58. The molecule has 3 nitrogen and oxygen atoms in total. The maximum Gasteiger partial charge on any atom is 0.315 e. The molecule has 0 aliphatic heterocycles. The van der Waals surface area contributed by atoms with Crippen molar-refractivity contribution in [2.75, 3.05) is 0 Å². The molecule has 2 amide bonds.